The van der Waals surface area contributed by atoms with Gasteiger partial charge in [-0.15, -0.1) is 24.0 Å². The maximum Gasteiger partial charge on any atom is 0.193 e. The summed E-state index contributed by atoms with van der Waals surface area (Å²) in [6, 6.07) is 13.6. The van der Waals surface area contributed by atoms with Gasteiger partial charge in [-0.2, -0.15) is 0 Å². The summed E-state index contributed by atoms with van der Waals surface area (Å²) in [5, 5.41) is 3.27. The maximum atomic E-state index is 13.9. The molecule has 0 radical (unpaired) electrons. The summed E-state index contributed by atoms with van der Waals surface area (Å²) in [6.07, 6.45) is 0. The molecule has 6 nitrogen and oxygen atoms in total. The molecule has 0 unspecified atom stereocenters. The van der Waals surface area contributed by atoms with Crippen molar-refractivity contribution in [1.29, 1.82) is 0 Å². The predicted octanol–water partition coefficient (Wildman–Crippen LogP) is 3.82. The summed E-state index contributed by atoms with van der Waals surface area (Å²) in [5.41, 5.74) is 0.834. The fourth-order valence-corrected chi connectivity index (χ4v) is 4.59. The van der Waals surface area contributed by atoms with E-state index in [0.29, 0.717) is 31.3 Å². The van der Waals surface area contributed by atoms with Crippen LogP contribution in [0, 0.1) is 5.82 Å². The van der Waals surface area contributed by atoms with E-state index in [-0.39, 0.29) is 35.5 Å². The van der Waals surface area contributed by atoms with Crippen molar-refractivity contribution in [2.45, 2.75) is 25.1 Å². The van der Waals surface area contributed by atoms with Crippen LogP contribution in [0.2, 0.25) is 0 Å². The highest BCUT2D eigenvalue weighted by molar-refractivity contribution is 14.0. The van der Waals surface area contributed by atoms with Crippen molar-refractivity contribution in [2.24, 2.45) is 4.99 Å². The van der Waals surface area contributed by atoms with E-state index in [0.717, 1.165) is 5.56 Å². The third kappa shape index (κ3) is 5.42. The molecule has 1 fully saturated rings. The molecule has 0 atom stereocenters. The Morgan fingerprint density at radius 3 is 2.43 bits per heavy atom. The topological polar surface area (TPSA) is 71.0 Å². The van der Waals surface area contributed by atoms with Gasteiger partial charge < -0.3 is 15.0 Å². The Bertz CT molecular complexity index is 1010. The van der Waals surface area contributed by atoms with E-state index >= 15 is 0 Å². The summed E-state index contributed by atoms with van der Waals surface area (Å²) in [7, 11) is -1.46. The number of hydrogen-bond donors (Lipinski definition) is 1. The zero-order chi connectivity index (χ0) is 21.1. The first-order valence-corrected chi connectivity index (χ1v) is 11.1. The molecule has 1 aliphatic rings. The number of nitrogens with zero attached hydrogens (tertiary/aromatic N) is 2. The summed E-state index contributed by atoms with van der Waals surface area (Å²) >= 11 is 0. The molecule has 0 aromatic heterocycles. The second kappa shape index (κ2) is 9.95. The third-order valence-electron chi connectivity index (χ3n) is 5.02. The van der Waals surface area contributed by atoms with Gasteiger partial charge >= 0.3 is 0 Å². The van der Waals surface area contributed by atoms with Crippen LogP contribution in [0.1, 0.15) is 19.4 Å². The van der Waals surface area contributed by atoms with E-state index in [1.807, 2.05) is 23.1 Å². The minimum atomic E-state index is -3.13. The molecule has 1 N–H and O–H groups in total. The lowest BCUT2D eigenvalue weighted by molar-refractivity contribution is 0.353. The maximum absolute atomic E-state index is 13.9. The lowest BCUT2D eigenvalue weighted by atomic mass is 10.2. The smallest absolute Gasteiger partial charge is 0.193 e. The molecule has 0 spiro atoms. The Kier molecular flexibility index (Phi) is 8.09. The number of aliphatic imine (C=N–C) groups is 1. The number of nitrogens with one attached hydrogen (secondary N) is 1. The number of sulfone groups is 1. The lowest BCUT2D eigenvalue weighted by Crippen LogP contribution is -2.57. The zero-order valence-electron chi connectivity index (χ0n) is 17.3. The normalized spacial score (nSPS) is 17.7. The monoisotopic (exact) mass is 547 g/mol. The van der Waals surface area contributed by atoms with Crippen LogP contribution in [0.5, 0.6) is 11.5 Å². The van der Waals surface area contributed by atoms with Crippen LogP contribution in [0.15, 0.2) is 53.5 Å². The molecule has 2 aromatic carbocycles. The predicted molar refractivity (Wildman–Crippen MR) is 128 cm³/mol. The number of para-hydroxylation sites is 2. The van der Waals surface area contributed by atoms with Gasteiger partial charge in [-0.25, -0.2) is 12.8 Å². The van der Waals surface area contributed by atoms with Crippen LogP contribution in [0.4, 0.5) is 4.39 Å². The Morgan fingerprint density at radius 2 is 1.80 bits per heavy atom. The van der Waals surface area contributed by atoms with Crippen molar-refractivity contribution in [3.05, 3.63) is 59.9 Å². The molecule has 0 bridgehead atoms. The first-order chi connectivity index (χ1) is 13.7. The molecule has 9 heteroatoms. The molecule has 1 aliphatic heterocycles. The number of hydrogen-bond acceptors (Lipinski definition) is 4. The van der Waals surface area contributed by atoms with Crippen molar-refractivity contribution >= 4 is 39.8 Å². The molecule has 3 rings (SSSR count). The highest BCUT2D eigenvalue weighted by atomic mass is 127. The fraction of sp³-hybridized carbons (Fsp3) is 0.381. The minimum Gasteiger partial charge on any atom is -0.454 e. The molecule has 0 saturated carbocycles. The Morgan fingerprint density at radius 1 is 1.17 bits per heavy atom. The van der Waals surface area contributed by atoms with E-state index in [1.54, 1.807) is 45.2 Å². The first kappa shape index (κ1) is 24.4. The van der Waals surface area contributed by atoms with Gasteiger partial charge in [0.2, 0.25) is 0 Å². The van der Waals surface area contributed by atoms with Crippen molar-refractivity contribution < 1.29 is 17.5 Å². The second-order valence-electron chi connectivity index (χ2n) is 7.54. The summed E-state index contributed by atoms with van der Waals surface area (Å²) in [5.74, 6) is 0.985. The molecular formula is C21H27FIN3O3S. The average molecular weight is 547 g/mol. The SMILES string of the molecule is CN=C(NCc1ccccc1Oc1ccccc1F)N1CCS(=O)(=O)C(C)(C)C1.I. The van der Waals surface area contributed by atoms with Crippen LogP contribution < -0.4 is 10.1 Å². The number of benzene rings is 2. The fourth-order valence-electron chi connectivity index (χ4n) is 3.23. The van der Waals surface area contributed by atoms with Crippen LogP contribution >= 0.6 is 24.0 Å². The molecule has 0 aliphatic carbocycles. The van der Waals surface area contributed by atoms with Gasteiger partial charge in [0.1, 0.15) is 5.75 Å². The van der Waals surface area contributed by atoms with Gasteiger partial charge in [0.05, 0.1) is 10.5 Å². The van der Waals surface area contributed by atoms with Gasteiger partial charge in [0.15, 0.2) is 27.4 Å². The summed E-state index contributed by atoms with van der Waals surface area (Å²) < 4.78 is 43.4. The summed E-state index contributed by atoms with van der Waals surface area (Å²) in [6.45, 7) is 4.63. The molecule has 0 amide bonds. The molecule has 1 heterocycles. The first-order valence-electron chi connectivity index (χ1n) is 9.42. The number of halogens is 2. The van der Waals surface area contributed by atoms with Crippen molar-refractivity contribution in [3.63, 3.8) is 0 Å². The van der Waals surface area contributed by atoms with E-state index in [2.05, 4.69) is 10.3 Å². The number of ether oxygens (including phenoxy) is 1. The third-order valence-corrected chi connectivity index (χ3v) is 7.55. The summed E-state index contributed by atoms with van der Waals surface area (Å²) in [4.78, 5) is 6.25. The van der Waals surface area contributed by atoms with E-state index in [1.165, 1.54) is 6.07 Å². The Labute approximate surface area is 194 Å². The van der Waals surface area contributed by atoms with Crippen molar-refractivity contribution in [1.82, 2.24) is 10.2 Å². The molecular weight excluding hydrogens is 520 g/mol. The number of rotatable bonds is 4. The number of guanidine groups is 1. The quantitative estimate of drug-likeness (QED) is 0.358. The van der Waals surface area contributed by atoms with Crippen LogP contribution in [0.25, 0.3) is 0 Å². The standard InChI is InChI=1S/C21H26FN3O3S.HI/c1-21(2)15-25(12-13-29(21,26)27)20(23-3)24-14-16-8-4-6-10-18(16)28-19-11-7-5-9-17(19)22;/h4-11H,12-15H2,1-3H3,(H,23,24);1H. The zero-order valence-corrected chi connectivity index (χ0v) is 20.4. The lowest BCUT2D eigenvalue weighted by Gasteiger charge is -2.39. The minimum absolute atomic E-state index is 0. The van der Waals surface area contributed by atoms with Gasteiger partial charge in [-0.3, -0.25) is 4.99 Å². The van der Waals surface area contributed by atoms with Gasteiger partial charge in [-0.1, -0.05) is 30.3 Å². The van der Waals surface area contributed by atoms with Crippen LogP contribution in [-0.4, -0.2) is 49.9 Å². The van der Waals surface area contributed by atoms with Crippen LogP contribution in [-0.2, 0) is 16.4 Å². The highest BCUT2D eigenvalue weighted by Crippen LogP contribution is 2.27. The molecule has 2 aromatic rings. The Hall–Kier alpha value is -1.88. The van der Waals surface area contributed by atoms with Crippen LogP contribution in [0.3, 0.4) is 0 Å². The molecule has 1 saturated heterocycles. The molecule has 164 valence electrons. The molecule has 30 heavy (non-hydrogen) atoms. The van der Waals surface area contributed by atoms with E-state index in [9.17, 15) is 12.8 Å². The largest absolute Gasteiger partial charge is 0.454 e. The average Bonchev–Trinajstić information content (AvgIpc) is 2.68. The van der Waals surface area contributed by atoms with Crippen molar-refractivity contribution in [3.8, 4) is 11.5 Å². The highest BCUT2D eigenvalue weighted by Gasteiger charge is 2.40. The van der Waals surface area contributed by atoms with Gasteiger partial charge in [0.25, 0.3) is 0 Å². The van der Waals surface area contributed by atoms with E-state index in [4.69, 9.17) is 4.74 Å². The second-order valence-corrected chi connectivity index (χ2v) is 10.3. The van der Waals surface area contributed by atoms with E-state index < -0.39 is 20.4 Å². The Balaban J connectivity index is 0.00000320. The van der Waals surface area contributed by atoms with Crippen molar-refractivity contribution in [2.75, 3.05) is 25.9 Å². The van der Waals surface area contributed by atoms with Gasteiger partial charge in [-0.05, 0) is 32.0 Å². The van der Waals surface area contributed by atoms with Gasteiger partial charge in [0, 0.05) is 32.2 Å².